The average Bonchev–Trinajstić information content (AvgIpc) is 2.86. The SMILES string of the molecule is Cn1c(C2CC3CC3C2)nc2cc(CN)ccc21. The number of rotatable bonds is 2. The molecule has 0 bridgehead atoms. The fourth-order valence-corrected chi connectivity index (χ4v) is 3.68. The van der Waals surface area contributed by atoms with Gasteiger partial charge in [-0.05, 0) is 48.8 Å². The lowest BCUT2D eigenvalue weighted by Crippen LogP contribution is -2.04. The van der Waals surface area contributed by atoms with Crippen molar-refractivity contribution in [2.75, 3.05) is 0 Å². The second-order valence-corrected chi connectivity index (χ2v) is 5.98. The van der Waals surface area contributed by atoms with Gasteiger partial charge in [-0.1, -0.05) is 6.07 Å². The van der Waals surface area contributed by atoms with Crippen LogP contribution in [0.25, 0.3) is 11.0 Å². The number of aromatic nitrogens is 2. The first kappa shape index (κ1) is 10.6. The van der Waals surface area contributed by atoms with Crippen molar-refractivity contribution in [1.29, 1.82) is 0 Å². The van der Waals surface area contributed by atoms with Gasteiger partial charge in [0.25, 0.3) is 0 Å². The molecule has 0 amide bonds. The number of fused-ring (bicyclic) bond motifs is 2. The highest BCUT2D eigenvalue weighted by Crippen LogP contribution is 2.57. The molecule has 94 valence electrons. The number of hydrogen-bond donors (Lipinski definition) is 1. The first-order valence-corrected chi connectivity index (χ1v) is 6.91. The Morgan fingerprint density at radius 1 is 1.28 bits per heavy atom. The van der Waals surface area contributed by atoms with Crippen molar-refractivity contribution in [3.8, 4) is 0 Å². The van der Waals surface area contributed by atoms with Gasteiger partial charge in [0, 0.05) is 19.5 Å². The predicted octanol–water partition coefficient (Wildman–Crippen LogP) is 2.55. The minimum Gasteiger partial charge on any atom is -0.331 e. The summed E-state index contributed by atoms with van der Waals surface area (Å²) < 4.78 is 2.28. The lowest BCUT2D eigenvalue weighted by Gasteiger charge is -2.11. The van der Waals surface area contributed by atoms with Crippen LogP contribution in [0.4, 0.5) is 0 Å². The molecule has 18 heavy (non-hydrogen) atoms. The van der Waals surface area contributed by atoms with Crippen molar-refractivity contribution in [3.63, 3.8) is 0 Å². The van der Waals surface area contributed by atoms with Crippen LogP contribution in [-0.4, -0.2) is 9.55 Å². The Bertz CT molecular complexity index is 603. The quantitative estimate of drug-likeness (QED) is 0.878. The van der Waals surface area contributed by atoms with Gasteiger partial charge in [-0.25, -0.2) is 4.98 Å². The summed E-state index contributed by atoms with van der Waals surface area (Å²) in [6.45, 7) is 0.593. The third kappa shape index (κ3) is 1.43. The van der Waals surface area contributed by atoms with Crippen molar-refractivity contribution >= 4 is 11.0 Å². The number of hydrogen-bond acceptors (Lipinski definition) is 2. The smallest absolute Gasteiger partial charge is 0.112 e. The number of imidazole rings is 1. The van der Waals surface area contributed by atoms with Gasteiger partial charge in [-0.15, -0.1) is 0 Å². The molecule has 2 aliphatic rings. The molecule has 2 N–H and O–H groups in total. The number of nitrogens with zero attached hydrogens (tertiary/aromatic N) is 2. The maximum atomic E-state index is 5.70. The molecule has 1 heterocycles. The van der Waals surface area contributed by atoms with Gasteiger partial charge >= 0.3 is 0 Å². The van der Waals surface area contributed by atoms with E-state index in [1.54, 1.807) is 0 Å². The zero-order chi connectivity index (χ0) is 12.3. The zero-order valence-corrected chi connectivity index (χ0v) is 10.8. The zero-order valence-electron chi connectivity index (χ0n) is 10.8. The molecule has 0 saturated heterocycles. The number of nitrogens with two attached hydrogens (primary N) is 1. The summed E-state index contributed by atoms with van der Waals surface area (Å²) in [5.74, 6) is 3.99. The second-order valence-electron chi connectivity index (χ2n) is 5.98. The van der Waals surface area contributed by atoms with Crippen LogP contribution >= 0.6 is 0 Å². The molecular formula is C15H19N3. The van der Waals surface area contributed by atoms with E-state index in [9.17, 15) is 0 Å². The van der Waals surface area contributed by atoms with Crippen molar-refractivity contribution in [3.05, 3.63) is 29.6 Å². The molecule has 4 rings (SSSR count). The monoisotopic (exact) mass is 241 g/mol. The Hall–Kier alpha value is -1.35. The van der Waals surface area contributed by atoms with Gasteiger partial charge in [0.2, 0.25) is 0 Å². The highest BCUT2D eigenvalue weighted by atomic mass is 15.1. The molecule has 2 unspecified atom stereocenters. The van der Waals surface area contributed by atoms with Gasteiger partial charge in [-0.3, -0.25) is 0 Å². The summed E-state index contributed by atoms with van der Waals surface area (Å²) in [5, 5.41) is 0. The van der Waals surface area contributed by atoms with Crippen molar-refractivity contribution in [2.45, 2.75) is 31.7 Å². The summed E-state index contributed by atoms with van der Waals surface area (Å²) in [5.41, 5.74) is 9.21. The third-order valence-corrected chi connectivity index (χ3v) is 4.82. The summed E-state index contributed by atoms with van der Waals surface area (Å²) >= 11 is 0. The van der Waals surface area contributed by atoms with Crippen LogP contribution in [0.5, 0.6) is 0 Å². The Morgan fingerprint density at radius 2 is 2.06 bits per heavy atom. The molecule has 0 radical (unpaired) electrons. The highest BCUT2D eigenvalue weighted by molar-refractivity contribution is 5.77. The summed E-state index contributed by atoms with van der Waals surface area (Å²) in [4.78, 5) is 4.87. The number of aryl methyl sites for hydroxylation is 1. The molecule has 0 aliphatic heterocycles. The summed E-state index contributed by atoms with van der Waals surface area (Å²) in [6, 6.07) is 6.40. The molecule has 2 fully saturated rings. The standard InChI is InChI=1S/C15H19N3/c1-18-14-3-2-9(8-16)4-13(14)17-15(18)12-6-10-5-11(10)7-12/h2-4,10-12H,5-8,16H2,1H3. The first-order valence-electron chi connectivity index (χ1n) is 6.91. The normalized spacial score (nSPS) is 29.8. The second kappa shape index (κ2) is 3.58. The molecule has 3 nitrogen and oxygen atoms in total. The minimum absolute atomic E-state index is 0.593. The fourth-order valence-electron chi connectivity index (χ4n) is 3.68. The van der Waals surface area contributed by atoms with E-state index in [1.807, 2.05) is 0 Å². The van der Waals surface area contributed by atoms with Gasteiger partial charge in [0.15, 0.2) is 0 Å². The van der Waals surface area contributed by atoms with E-state index in [0.717, 1.165) is 17.4 Å². The van der Waals surface area contributed by atoms with E-state index in [0.29, 0.717) is 12.5 Å². The Morgan fingerprint density at radius 3 is 2.78 bits per heavy atom. The molecule has 0 spiro atoms. The molecular weight excluding hydrogens is 222 g/mol. The van der Waals surface area contributed by atoms with E-state index in [2.05, 4.69) is 29.8 Å². The molecule has 2 saturated carbocycles. The summed E-state index contributed by atoms with van der Waals surface area (Å²) in [6.07, 6.45) is 4.18. The van der Waals surface area contributed by atoms with Gasteiger partial charge in [0.05, 0.1) is 11.0 Å². The van der Waals surface area contributed by atoms with Crippen LogP contribution in [0.2, 0.25) is 0 Å². The lowest BCUT2D eigenvalue weighted by atomic mass is 10.0. The highest BCUT2D eigenvalue weighted by Gasteiger charge is 2.47. The first-order chi connectivity index (χ1) is 8.76. The van der Waals surface area contributed by atoms with Crippen molar-refractivity contribution in [2.24, 2.45) is 24.6 Å². The molecule has 2 atom stereocenters. The molecule has 1 aromatic heterocycles. The van der Waals surface area contributed by atoms with Crippen LogP contribution in [0, 0.1) is 11.8 Å². The molecule has 3 heteroatoms. The Labute approximate surface area is 107 Å². The van der Waals surface area contributed by atoms with E-state index in [4.69, 9.17) is 10.7 Å². The Kier molecular flexibility index (Phi) is 2.10. The molecule has 1 aromatic carbocycles. The van der Waals surface area contributed by atoms with Gasteiger partial charge in [0.1, 0.15) is 5.82 Å². The molecule has 2 aliphatic carbocycles. The van der Waals surface area contributed by atoms with E-state index < -0.39 is 0 Å². The maximum absolute atomic E-state index is 5.70. The van der Waals surface area contributed by atoms with Crippen molar-refractivity contribution in [1.82, 2.24) is 9.55 Å². The van der Waals surface area contributed by atoms with Gasteiger partial charge in [-0.2, -0.15) is 0 Å². The van der Waals surface area contributed by atoms with E-state index in [1.165, 1.54) is 36.2 Å². The third-order valence-electron chi connectivity index (χ3n) is 4.82. The van der Waals surface area contributed by atoms with Crippen molar-refractivity contribution < 1.29 is 0 Å². The van der Waals surface area contributed by atoms with Crippen LogP contribution in [-0.2, 0) is 13.6 Å². The molecule has 2 aromatic rings. The number of benzene rings is 1. The van der Waals surface area contributed by atoms with E-state index >= 15 is 0 Å². The van der Waals surface area contributed by atoms with Gasteiger partial charge < -0.3 is 10.3 Å². The average molecular weight is 241 g/mol. The fraction of sp³-hybridized carbons (Fsp3) is 0.533. The van der Waals surface area contributed by atoms with Crippen LogP contribution in [0.1, 0.15) is 36.6 Å². The summed E-state index contributed by atoms with van der Waals surface area (Å²) in [7, 11) is 2.15. The maximum Gasteiger partial charge on any atom is 0.112 e. The largest absolute Gasteiger partial charge is 0.331 e. The topological polar surface area (TPSA) is 43.8 Å². The van der Waals surface area contributed by atoms with Crippen LogP contribution in [0.15, 0.2) is 18.2 Å². The predicted molar refractivity (Wildman–Crippen MR) is 72.2 cm³/mol. The van der Waals surface area contributed by atoms with E-state index in [-0.39, 0.29) is 0 Å². The Balaban J connectivity index is 1.78. The van der Waals surface area contributed by atoms with Crippen LogP contribution < -0.4 is 5.73 Å². The lowest BCUT2D eigenvalue weighted by molar-refractivity contribution is 0.572. The minimum atomic E-state index is 0.593. The van der Waals surface area contributed by atoms with Crippen LogP contribution in [0.3, 0.4) is 0 Å².